The van der Waals surface area contributed by atoms with Gasteiger partial charge in [0.1, 0.15) is 11.5 Å². The summed E-state index contributed by atoms with van der Waals surface area (Å²) in [5.41, 5.74) is 3.15. The van der Waals surface area contributed by atoms with E-state index in [9.17, 15) is 4.79 Å². The van der Waals surface area contributed by atoms with Crippen LogP contribution in [0.5, 0.6) is 11.5 Å². The van der Waals surface area contributed by atoms with Gasteiger partial charge in [-0.15, -0.1) is 5.10 Å². The monoisotopic (exact) mass is 469 g/mol. The van der Waals surface area contributed by atoms with E-state index in [1.807, 2.05) is 59.3 Å². The Hall–Kier alpha value is -4.33. The Balaban J connectivity index is 1.38. The van der Waals surface area contributed by atoms with Crippen LogP contribution in [-0.2, 0) is 11.2 Å². The average molecular weight is 470 g/mol. The predicted octanol–water partition coefficient (Wildman–Crippen LogP) is 4.62. The second-order valence-corrected chi connectivity index (χ2v) is 8.41. The van der Waals surface area contributed by atoms with Gasteiger partial charge in [0.05, 0.1) is 32.7 Å². The van der Waals surface area contributed by atoms with Gasteiger partial charge in [0, 0.05) is 0 Å². The summed E-state index contributed by atoms with van der Waals surface area (Å²) in [7, 11) is 3.27. The van der Waals surface area contributed by atoms with E-state index >= 15 is 0 Å². The molecule has 0 spiro atoms. The first-order valence-electron chi connectivity index (χ1n) is 11.5. The summed E-state index contributed by atoms with van der Waals surface area (Å²) >= 11 is 0. The average Bonchev–Trinajstić information content (AvgIpc) is 3.31. The van der Waals surface area contributed by atoms with Gasteiger partial charge in [-0.05, 0) is 47.4 Å². The molecule has 0 unspecified atom stereocenters. The van der Waals surface area contributed by atoms with Gasteiger partial charge in [0.15, 0.2) is 0 Å². The van der Waals surface area contributed by atoms with Crippen molar-refractivity contribution in [3.05, 3.63) is 95.6 Å². The molecule has 0 saturated carbocycles. The summed E-state index contributed by atoms with van der Waals surface area (Å²) in [5.74, 6) is 2.28. The van der Waals surface area contributed by atoms with Crippen molar-refractivity contribution in [2.45, 2.75) is 24.9 Å². The molecule has 1 aromatic heterocycles. The standard InChI is InChI=1S/C27H27N5O3/c1-34-21-12-8-18(9-13-21)16-25(33)29-26-30-27-28-23(19-10-14-22(35-2)15-11-19)17-24(32(27)31-26)20-6-4-3-5-7-20/h3-15,23-24H,16-17H2,1-2H3,(H2,28,29,30,31,33)/t23-,24-/m0/s1. The molecular formula is C27H27N5O3. The van der Waals surface area contributed by atoms with Crippen molar-refractivity contribution in [2.24, 2.45) is 0 Å². The van der Waals surface area contributed by atoms with Crippen LogP contribution in [-0.4, -0.2) is 34.9 Å². The molecule has 1 amide bonds. The predicted molar refractivity (Wildman–Crippen MR) is 134 cm³/mol. The SMILES string of the molecule is COc1ccc(CC(=O)Nc2nc3n(n2)[C@H](c2ccccc2)C[C@@H](c2ccc(OC)cc2)N3)cc1. The maximum absolute atomic E-state index is 12.7. The molecule has 0 fully saturated rings. The van der Waals surface area contributed by atoms with Gasteiger partial charge >= 0.3 is 0 Å². The summed E-state index contributed by atoms with van der Waals surface area (Å²) in [5, 5.41) is 11.0. The highest BCUT2D eigenvalue weighted by atomic mass is 16.5. The third-order valence-corrected chi connectivity index (χ3v) is 6.17. The van der Waals surface area contributed by atoms with Crippen molar-refractivity contribution in [1.82, 2.24) is 14.8 Å². The first kappa shape index (κ1) is 22.5. The Bertz CT molecular complexity index is 1290. The van der Waals surface area contributed by atoms with Crippen LogP contribution < -0.4 is 20.1 Å². The molecule has 3 aromatic carbocycles. The van der Waals surface area contributed by atoms with E-state index in [0.29, 0.717) is 5.95 Å². The van der Waals surface area contributed by atoms with E-state index in [1.165, 1.54) is 0 Å². The highest BCUT2D eigenvalue weighted by Crippen LogP contribution is 2.38. The molecule has 8 nitrogen and oxygen atoms in total. The zero-order valence-corrected chi connectivity index (χ0v) is 19.6. The number of aromatic nitrogens is 3. The van der Waals surface area contributed by atoms with Crippen LogP contribution in [0.25, 0.3) is 0 Å². The third-order valence-electron chi connectivity index (χ3n) is 6.17. The van der Waals surface area contributed by atoms with E-state index in [4.69, 9.17) is 9.47 Å². The highest BCUT2D eigenvalue weighted by molar-refractivity contribution is 5.90. The molecule has 0 bridgehead atoms. The van der Waals surface area contributed by atoms with E-state index in [2.05, 4.69) is 45.0 Å². The van der Waals surface area contributed by atoms with Crippen LogP contribution in [0.4, 0.5) is 11.9 Å². The number of hydrogen-bond donors (Lipinski definition) is 2. The topological polar surface area (TPSA) is 90.3 Å². The van der Waals surface area contributed by atoms with Gasteiger partial charge in [-0.1, -0.05) is 54.6 Å². The highest BCUT2D eigenvalue weighted by Gasteiger charge is 2.31. The fraction of sp³-hybridized carbons (Fsp3) is 0.222. The summed E-state index contributed by atoms with van der Waals surface area (Å²) in [6, 6.07) is 25.7. The van der Waals surface area contributed by atoms with Crippen molar-refractivity contribution in [3.8, 4) is 11.5 Å². The first-order valence-corrected chi connectivity index (χ1v) is 11.5. The second-order valence-electron chi connectivity index (χ2n) is 8.41. The molecule has 1 aliphatic rings. The van der Waals surface area contributed by atoms with E-state index in [1.54, 1.807) is 14.2 Å². The summed E-state index contributed by atoms with van der Waals surface area (Å²) in [6.45, 7) is 0. The zero-order chi connectivity index (χ0) is 24.2. The molecule has 1 aliphatic heterocycles. The molecule has 2 atom stereocenters. The van der Waals surface area contributed by atoms with E-state index in [-0.39, 0.29) is 30.4 Å². The molecule has 35 heavy (non-hydrogen) atoms. The number of ether oxygens (including phenoxy) is 2. The number of amides is 1. The number of carbonyl (C=O) groups excluding carboxylic acids is 1. The Labute approximate surface area is 203 Å². The third kappa shape index (κ3) is 4.96. The van der Waals surface area contributed by atoms with Crippen molar-refractivity contribution in [2.75, 3.05) is 24.9 Å². The number of nitrogens with one attached hydrogen (secondary N) is 2. The van der Waals surface area contributed by atoms with Crippen LogP contribution in [0.2, 0.25) is 0 Å². The number of hydrogen-bond acceptors (Lipinski definition) is 6. The number of carbonyl (C=O) groups is 1. The van der Waals surface area contributed by atoms with Gasteiger partial charge in [-0.2, -0.15) is 4.98 Å². The lowest BCUT2D eigenvalue weighted by Gasteiger charge is -2.31. The summed E-state index contributed by atoms with van der Waals surface area (Å²) in [4.78, 5) is 17.3. The van der Waals surface area contributed by atoms with E-state index in [0.717, 1.165) is 34.6 Å². The molecule has 2 N–H and O–H groups in total. The molecular weight excluding hydrogens is 442 g/mol. The molecule has 5 rings (SSSR count). The number of fused-ring (bicyclic) bond motifs is 1. The van der Waals surface area contributed by atoms with Crippen molar-refractivity contribution in [3.63, 3.8) is 0 Å². The molecule has 2 heterocycles. The number of methoxy groups -OCH3 is 2. The second kappa shape index (κ2) is 9.89. The number of nitrogens with zero attached hydrogens (tertiary/aromatic N) is 3. The van der Waals surface area contributed by atoms with Crippen LogP contribution in [0, 0.1) is 0 Å². The minimum absolute atomic E-state index is 0.0284. The van der Waals surface area contributed by atoms with Gasteiger partial charge < -0.3 is 14.8 Å². The summed E-state index contributed by atoms with van der Waals surface area (Å²) in [6.07, 6.45) is 1.00. The van der Waals surface area contributed by atoms with Crippen molar-refractivity contribution in [1.29, 1.82) is 0 Å². The van der Waals surface area contributed by atoms with Crippen molar-refractivity contribution >= 4 is 17.8 Å². The fourth-order valence-electron chi connectivity index (χ4n) is 4.34. The minimum Gasteiger partial charge on any atom is -0.497 e. The van der Waals surface area contributed by atoms with Crippen LogP contribution in [0.1, 0.15) is 35.2 Å². The smallest absolute Gasteiger partial charge is 0.250 e. The number of rotatable bonds is 7. The van der Waals surface area contributed by atoms with Gasteiger partial charge in [0.25, 0.3) is 5.95 Å². The van der Waals surface area contributed by atoms with Gasteiger partial charge in [0.2, 0.25) is 11.9 Å². The lowest BCUT2D eigenvalue weighted by Crippen LogP contribution is -2.28. The maximum Gasteiger partial charge on any atom is 0.250 e. The minimum atomic E-state index is -0.180. The quantitative estimate of drug-likeness (QED) is 0.410. The Kier molecular flexibility index (Phi) is 6.34. The Morgan fingerprint density at radius 1 is 0.943 bits per heavy atom. The van der Waals surface area contributed by atoms with Gasteiger partial charge in [-0.3, -0.25) is 10.1 Å². The maximum atomic E-state index is 12.7. The molecule has 178 valence electrons. The number of anilines is 2. The molecule has 4 aromatic rings. The fourth-order valence-corrected chi connectivity index (χ4v) is 4.34. The van der Waals surface area contributed by atoms with Crippen LogP contribution >= 0.6 is 0 Å². The summed E-state index contributed by atoms with van der Waals surface area (Å²) < 4.78 is 12.3. The van der Waals surface area contributed by atoms with E-state index < -0.39 is 0 Å². The largest absolute Gasteiger partial charge is 0.497 e. The normalized spacial score (nSPS) is 16.6. The zero-order valence-electron chi connectivity index (χ0n) is 19.6. The lowest BCUT2D eigenvalue weighted by atomic mass is 9.93. The first-order chi connectivity index (χ1) is 17.1. The molecule has 0 aliphatic carbocycles. The number of benzene rings is 3. The lowest BCUT2D eigenvalue weighted by molar-refractivity contribution is -0.115. The van der Waals surface area contributed by atoms with Crippen molar-refractivity contribution < 1.29 is 14.3 Å². The Morgan fingerprint density at radius 3 is 2.26 bits per heavy atom. The molecule has 0 radical (unpaired) electrons. The van der Waals surface area contributed by atoms with Crippen LogP contribution in [0.15, 0.2) is 78.9 Å². The molecule has 0 saturated heterocycles. The van der Waals surface area contributed by atoms with Crippen LogP contribution in [0.3, 0.4) is 0 Å². The molecule has 8 heteroatoms. The van der Waals surface area contributed by atoms with Gasteiger partial charge in [-0.25, -0.2) is 4.68 Å². The Morgan fingerprint density at radius 2 is 1.60 bits per heavy atom.